The maximum absolute atomic E-state index is 12.7. The number of amides is 1. The van der Waals surface area contributed by atoms with Gasteiger partial charge in [0.2, 0.25) is 0 Å². The van der Waals surface area contributed by atoms with Crippen LogP contribution in [0.5, 0.6) is 11.5 Å². The van der Waals surface area contributed by atoms with Crippen molar-refractivity contribution in [3.05, 3.63) is 63.7 Å². The van der Waals surface area contributed by atoms with Gasteiger partial charge in [-0.1, -0.05) is 12.1 Å². The molecule has 0 spiro atoms. The summed E-state index contributed by atoms with van der Waals surface area (Å²) in [6, 6.07) is 11.4. The third-order valence-electron chi connectivity index (χ3n) is 4.50. The summed E-state index contributed by atoms with van der Waals surface area (Å²) in [7, 11) is 1.60. The van der Waals surface area contributed by atoms with Gasteiger partial charge in [0.15, 0.2) is 12.9 Å². The van der Waals surface area contributed by atoms with Crippen LogP contribution in [0.3, 0.4) is 0 Å². The lowest BCUT2D eigenvalue weighted by Crippen LogP contribution is -2.36. The summed E-state index contributed by atoms with van der Waals surface area (Å²) in [5.41, 5.74) is 0.806. The van der Waals surface area contributed by atoms with Crippen molar-refractivity contribution in [2.45, 2.75) is 25.4 Å². The molecule has 0 unspecified atom stereocenters. The van der Waals surface area contributed by atoms with Gasteiger partial charge < -0.3 is 14.4 Å². The first-order valence-electron chi connectivity index (χ1n) is 8.80. The monoisotopic (exact) mass is 384 g/mol. The molecule has 0 atom stereocenters. The fourth-order valence-corrected chi connectivity index (χ4v) is 2.83. The Labute approximate surface area is 161 Å². The molecule has 1 saturated carbocycles. The van der Waals surface area contributed by atoms with E-state index in [4.69, 9.17) is 9.47 Å². The minimum Gasteiger partial charge on any atom is -0.497 e. The van der Waals surface area contributed by atoms with Gasteiger partial charge >= 0.3 is 0 Å². The van der Waals surface area contributed by atoms with E-state index in [1.165, 1.54) is 12.1 Å². The van der Waals surface area contributed by atoms with Crippen LogP contribution in [-0.2, 0) is 11.3 Å². The van der Waals surface area contributed by atoms with Crippen molar-refractivity contribution in [2.24, 2.45) is 0 Å². The summed E-state index contributed by atoms with van der Waals surface area (Å²) in [4.78, 5) is 35.8. The van der Waals surface area contributed by atoms with Crippen LogP contribution in [0.4, 0.5) is 5.69 Å². The van der Waals surface area contributed by atoms with Crippen molar-refractivity contribution < 1.29 is 24.0 Å². The van der Waals surface area contributed by atoms with Gasteiger partial charge in [0.05, 0.1) is 17.6 Å². The second-order valence-corrected chi connectivity index (χ2v) is 6.49. The maximum Gasteiger partial charge on any atom is 0.270 e. The molecule has 0 radical (unpaired) electrons. The van der Waals surface area contributed by atoms with Gasteiger partial charge in [-0.2, -0.15) is 0 Å². The van der Waals surface area contributed by atoms with Crippen LogP contribution in [0.15, 0.2) is 42.5 Å². The molecule has 8 nitrogen and oxygen atoms in total. The van der Waals surface area contributed by atoms with E-state index in [-0.39, 0.29) is 35.6 Å². The van der Waals surface area contributed by atoms with E-state index >= 15 is 0 Å². The number of methoxy groups -OCH3 is 1. The average molecular weight is 384 g/mol. The summed E-state index contributed by atoms with van der Waals surface area (Å²) < 4.78 is 10.6. The molecule has 28 heavy (non-hydrogen) atoms. The third-order valence-corrected chi connectivity index (χ3v) is 4.50. The molecule has 146 valence electrons. The number of benzene rings is 2. The molecule has 1 amide bonds. The van der Waals surface area contributed by atoms with Gasteiger partial charge in [0, 0.05) is 24.7 Å². The minimum atomic E-state index is -0.592. The molecule has 1 aliphatic rings. The predicted octanol–water partition coefficient (Wildman–Crippen LogP) is 2.99. The lowest BCUT2D eigenvalue weighted by Gasteiger charge is -2.23. The largest absolute Gasteiger partial charge is 0.497 e. The first kappa shape index (κ1) is 19.3. The highest BCUT2D eigenvalue weighted by atomic mass is 16.6. The van der Waals surface area contributed by atoms with Gasteiger partial charge in [-0.15, -0.1) is 0 Å². The normalized spacial score (nSPS) is 12.9. The summed E-state index contributed by atoms with van der Waals surface area (Å²) in [5, 5.41) is 10.8. The Morgan fingerprint density at radius 3 is 2.54 bits per heavy atom. The smallest absolute Gasteiger partial charge is 0.270 e. The van der Waals surface area contributed by atoms with Gasteiger partial charge in [0.25, 0.3) is 11.6 Å². The van der Waals surface area contributed by atoms with E-state index in [9.17, 15) is 19.7 Å². The second kappa shape index (κ2) is 8.51. The predicted molar refractivity (Wildman–Crippen MR) is 101 cm³/mol. The van der Waals surface area contributed by atoms with Crippen LogP contribution in [0.25, 0.3) is 0 Å². The number of ether oxygens (including phenoxy) is 2. The fourth-order valence-electron chi connectivity index (χ4n) is 2.83. The number of nitro groups is 1. The van der Waals surface area contributed by atoms with Crippen molar-refractivity contribution in [1.29, 1.82) is 0 Å². The Morgan fingerprint density at radius 1 is 1.25 bits per heavy atom. The number of non-ortho nitro benzene ring substituents is 1. The van der Waals surface area contributed by atoms with Crippen molar-refractivity contribution >= 4 is 17.9 Å². The van der Waals surface area contributed by atoms with E-state index < -0.39 is 4.92 Å². The molecule has 0 saturated heterocycles. The molecule has 0 N–H and O–H groups in total. The van der Waals surface area contributed by atoms with Crippen LogP contribution in [0.1, 0.15) is 28.8 Å². The summed E-state index contributed by atoms with van der Waals surface area (Å²) in [5.74, 6) is 0.693. The second-order valence-electron chi connectivity index (χ2n) is 6.49. The molecular formula is C20H20N2O6. The molecule has 2 aromatic rings. The first-order valence-corrected chi connectivity index (χ1v) is 8.80. The zero-order chi connectivity index (χ0) is 20.1. The van der Waals surface area contributed by atoms with Gasteiger partial charge in [-0.25, -0.2) is 0 Å². The number of aldehydes is 1. The van der Waals surface area contributed by atoms with Gasteiger partial charge in [-0.05, 0) is 36.6 Å². The van der Waals surface area contributed by atoms with E-state index in [2.05, 4.69) is 0 Å². The third kappa shape index (κ3) is 4.64. The zero-order valence-corrected chi connectivity index (χ0v) is 15.4. The van der Waals surface area contributed by atoms with Crippen molar-refractivity contribution in [3.63, 3.8) is 0 Å². The van der Waals surface area contributed by atoms with Crippen molar-refractivity contribution in [2.75, 3.05) is 13.7 Å². The fraction of sp³-hybridized carbons (Fsp3) is 0.300. The molecule has 0 heterocycles. The van der Waals surface area contributed by atoms with Gasteiger partial charge in [-0.3, -0.25) is 19.7 Å². The lowest BCUT2D eigenvalue weighted by molar-refractivity contribution is -0.384. The van der Waals surface area contributed by atoms with Gasteiger partial charge in [0.1, 0.15) is 11.5 Å². The molecule has 3 rings (SSSR count). The number of carbonyl (C=O) groups is 2. The highest BCUT2D eigenvalue weighted by Gasteiger charge is 2.32. The minimum absolute atomic E-state index is 0.0372. The molecule has 0 bridgehead atoms. The Hall–Kier alpha value is -3.42. The molecule has 8 heteroatoms. The number of nitro benzene ring substituents is 1. The highest BCUT2D eigenvalue weighted by Crippen LogP contribution is 2.29. The van der Waals surface area contributed by atoms with Crippen LogP contribution >= 0.6 is 0 Å². The summed E-state index contributed by atoms with van der Waals surface area (Å²) in [6.45, 7) is 0.211. The molecular weight excluding hydrogens is 364 g/mol. The van der Waals surface area contributed by atoms with Crippen LogP contribution in [0, 0.1) is 10.1 Å². The Kier molecular flexibility index (Phi) is 5.88. The van der Waals surface area contributed by atoms with Crippen molar-refractivity contribution in [1.82, 2.24) is 4.90 Å². The van der Waals surface area contributed by atoms with Crippen molar-refractivity contribution in [3.8, 4) is 11.5 Å². The topological polar surface area (TPSA) is 99.0 Å². The van der Waals surface area contributed by atoms with Crippen LogP contribution in [-0.4, -0.2) is 41.8 Å². The van der Waals surface area contributed by atoms with E-state index in [0.717, 1.165) is 30.2 Å². The quantitative estimate of drug-likeness (QED) is 0.374. The van der Waals surface area contributed by atoms with Crippen LogP contribution < -0.4 is 9.47 Å². The molecule has 1 aliphatic carbocycles. The summed E-state index contributed by atoms with van der Waals surface area (Å²) >= 11 is 0. The maximum atomic E-state index is 12.7. The number of hydrogen-bond acceptors (Lipinski definition) is 6. The number of nitrogens with zero attached hydrogens (tertiary/aromatic N) is 2. The SMILES string of the molecule is COc1ccc(CN(C(=O)COc2ccc([N+](=O)[O-])cc2C=O)C2CC2)cc1. The average Bonchev–Trinajstić information content (AvgIpc) is 3.55. The van der Waals surface area contributed by atoms with E-state index in [1.807, 2.05) is 24.3 Å². The standard InChI is InChI=1S/C20H20N2O6/c1-27-18-7-2-14(3-8-18)11-21(16-4-5-16)20(24)13-28-19-9-6-17(22(25)26)10-15(19)12-23/h2-3,6-10,12,16H,4-5,11,13H2,1H3. The van der Waals surface area contributed by atoms with E-state index in [1.54, 1.807) is 12.0 Å². The molecule has 2 aromatic carbocycles. The Balaban J connectivity index is 1.66. The Bertz CT molecular complexity index is 877. The number of hydrogen-bond donors (Lipinski definition) is 0. The zero-order valence-electron chi connectivity index (χ0n) is 15.4. The number of rotatable bonds is 9. The number of carbonyl (C=O) groups excluding carboxylic acids is 2. The van der Waals surface area contributed by atoms with Crippen LogP contribution in [0.2, 0.25) is 0 Å². The molecule has 0 aromatic heterocycles. The molecule has 0 aliphatic heterocycles. The first-order chi connectivity index (χ1) is 13.5. The lowest BCUT2D eigenvalue weighted by atomic mass is 10.2. The highest BCUT2D eigenvalue weighted by molar-refractivity contribution is 5.82. The molecule has 1 fully saturated rings. The Morgan fingerprint density at radius 2 is 1.96 bits per heavy atom. The summed E-state index contributed by atoms with van der Waals surface area (Å²) in [6.07, 6.45) is 2.36. The van der Waals surface area contributed by atoms with E-state index in [0.29, 0.717) is 12.8 Å².